The fraction of sp³-hybridized carbons (Fsp3) is 0.946. The minimum atomic E-state index is -1.40. The van der Waals surface area contributed by atoms with Gasteiger partial charge in [0.05, 0.1) is 21.1 Å². The van der Waals surface area contributed by atoms with E-state index in [1.807, 2.05) is 35.0 Å². The fourth-order valence-corrected chi connectivity index (χ4v) is 7.07. The molecule has 0 radical (unpaired) electrons. The Bertz CT molecular complexity index is 609. The Morgan fingerprint density at radius 3 is 0.927 bits per heavy atom. The molecule has 41 heavy (non-hydrogen) atoms. The van der Waals surface area contributed by atoms with Gasteiger partial charge in [-0.05, 0) is 25.7 Å². The molecular formula is C37H74NO3+. The Labute approximate surface area is 257 Å². The molecule has 0 heterocycles. The number of rotatable bonds is 30. The first kappa shape index (κ1) is 40.3. The summed E-state index contributed by atoms with van der Waals surface area (Å²) in [6.45, 7) is 8.38. The number of likely N-dealkylation sites (N-methyl/N-ethyl adjacent to an activating group) is 1. The lowest BCUT2D eigenvalue weighted by molar-refractivity contribution is -0.910. The van der Waals surface area contributed by atoms with Gasteiger partial charge in [-0.1, -0.05) is 156 Å². The van der Waals surface area contributed by atoms with Crippen LogP contribution < -0.4 is 0 Å². The van der Waals surface area contributed by atoms with Gasteiger partial charge < -0.3 is 9.59 Å². The molecule has 0 rings (SSSR count). The monoisotopic (exact) mass is 581 g/mol. The van der Waals surface area contributed by atoms with Crippen LogP contribution in [0.2, 0.25) is 0 Å². The first-order chi connectivity index (χ1) is 19.6. The molecule has 1 N–H and O–H groups in total. The third kappa shape index (κ3) is 14.5. The molecule has 0 atom stereocenters. The molecule has 0 aromatic carbocycles. The minimum Gasteiger partial charge on any atom is -0.382 e. The smallest absolute Gasteiger partial charge is 0.245 e. The number of hydrogen-bond donors (Lipinski definition) is 1. The number of ketones is 2. The van der Waals surface area contributed by atoms with Gasteiger partial charge in [0.25, 0.3) is 0 Å². The van der Waals surface area contributed by atoms with Crippen molar-refractivity contribution in [3.63, 3.8) is 0 Å². The summed E-state index contributed by atoms with van der Waals surface area (Å²) in [4.78, 5) is 28.2. The summed E-state index contributed by atoms with van der Waals surface area (Å²) < 4.78 is 0.166. The van der Waals surface area contributed by atoms with E-state index in [1.165, 1.54) is 103 Å². The first-order valence-electron chi connectivity index (χ1n) is 18.2. The Hall–Kier alpha value is -0.740. The predicted molar refractivity (Wildman–Crippen MR) is 178 cm³/mol. The number of aliphatic hydroxyl groups is 1. The zero-order valence-electron chi connectivity index (χ0n) is 29.1. The van der Waals surface area contributed by atoms with Crippen molar-refractivity contribution >= 4 is 11.6 Å². The number of hydrogen-bond acceptors (Lipinski definition) is 3. The van der Waals surface area contributed by atoms with Gasteiger partial charge in [0.2, 0.25) is 17.1 Å². The van der Waals surface area contributed by atoms with Gasteiger partial charge in [0.1, 0.15) is 5.60 Å². The van der Waals surface area contributed by atoms with Crippen LogP contribution in [0.4, 0.5) is 0 Å². The molecule has 244 valence electrons. The normalized spacial score (nSPS) is 12.7. The Kier molecular flexibility index (Phi) is 23.3. The number of carbonyl (C=O) groups is 2. The second-order valence-corrected chi connectivity index (χ2v) is 13.9. The fourth-order valence-electron chi connectivity index (χ4n) is 7.07. The zero-order valence-corrected chi connectivity index (χ0v) is 29.1. The molecule has 0 aromatic heterocycles. The van der Waals surface area contributed by atoms with Crippen LogP contribution in [-0.2, 0) is 9.59 Å². The first-order valence-corrected chi connectivity index (χ1v) is 18.2. The van der Waals surface area contributed by atoms with E-state index in [9.17, 15) is 14.7 Å². The van der Waals surface area contributed by atoms with Crippen LogP contribution in [0.3, 0.4) is 0 Å². The lowest BCUT2D eigenvalue weighted by Crippen LogP contribution is -2.77. The van der Waals surface area contributed by atoms with Crippen molar-refractivity contribution < 1.29 is 19.2 Å². The van der Waals surface area contributed by atoms with E-state index in [1.54, 1.807) is 0 Å². The van der Waals surface area contributed by atoms with Crippen LogP contribution in [0.5, 0.6) is 0 Å². The Morgan fingerprint density at radius 2 is 0.707 bits per heavy atom. The molecule has 0 bridgehead atoms. The summed E-state index contributed by atoms with van der Waals surface area (Å²) >= 11 is 0. The van der Waals surface area contributed by atoms with Crippen LogP contribution >= 0.6 is 0 Å². The van der Waals surface area contributed by atoms with Crippen LogP contribution in [0.25, 0.3) is 0 Å². The molecule has 0 spiro atoms. The molecule has 0 aliphatic heterocycles. The lowest BCUT2D eigenvalue weighted by atomic mass is 9.66. The number of carbonyl (C=O) groups excluding carboxylic acids is 2. The van der Waals surface area contributed by atoms with Crippen molar-refractivity contribution in [3.05, 3.63) is 0 Å². The van der Waals surface area contributed by atoms with Crippen molar-refractivity contribution in [1.82, 2.24) is 0 Å². The quantitative estimate of drug-likeness (QED) is 0.0522. The summed E-state index contributed by atoms with van der Waals surface area (Å²) in [5, 5.41) is 11.9. The topological polar surface area (TPSA) is 54.4 Å². The third-order valence-electron chi connectivity index (χ3n) is 9.67. The van der Waals surface area contributed by atoms with Crippen molar-refractivity contribution in [2.24, 2.45) is 0 Å². The molecule has 0 saturated carbocycles. The molecule has 0 unspecified atom stereocenters. The van der Waals surface area contributed by atoms with Gasteiger partial charge in [-0.25, -0.2) is 0 Å². The molecular weight excluding hydrogens is 506 g/mol. The Balaban J connectivity index is 4.92. The Morgan fingerprint density at radius 1 is 0.463 bits per heavy atom. The van der Waals surface area contributed by atoms with E-state index < -0.39 is 11.1 Å². The summed E-state index contributed by atoms with van der Waals surface area (Å²) in [5.74, 6) is -0.0830. The van der Waals surface area contributed by atoms with Gasteiger partial charge in [0.15, 0.2) is 0 Å². The molecule has 0 saturated heterocycles. The minimum absolute atomic E-state index is 0.0415. The summed E-state index contributed by atoms with van der Waals surface area (Å²) in [5.41, 5.74) is -2.72. The van der Waals surface area contributed by atoms with E-state index in [-0.39, 0.29) is 16.0 Å². The second-order valence-electron chi connectivity index (χ2n) is 13.9. The summed E-state index contributed by atoms with van der Waals surface area (Å²) in [6.07, 6.45) is 28.7. The highest BCUT2D eigenvalue weighted by Crippen LogP contribution is 2.41. The predicted octanol–water partition coefficient (Wildman–Crippen LogP) is 10.5. The van der Waals surface area contributed by atoms with E-state index in [2.05, 4.69) is 13.8 Å². The number of unbranched alkanes of at least 4 members (excludes halogenated alkanes) is 20. The highest BCUT2D eigenvalue weighted by molar-refractivity contribution is 6.11. The molecule has 4 nitrogen and oxygen atoms in total. The SMILES string of the molecule is CCCCCCCCCCCCCC(=O)C(C(=O)CCCCCCCCCCCCC)(C(O)(CC)CC)[N+](C)(C)C. The standard InChI is InChI=1S/C37H74NO3/c1-8-12-14-16-18-20-22-24-26-28-30-32-34(39)37(38(5,6)7,36(41,10-3)11-4)35(40)33-31-29-27-25-23-21-19-17-15-13-9-2/h41H,8-33H2,1-7H3/q+1. The molecule has 0 aliphatic rings. The van der Waals surface area contributed by atoms with E-state index in [4.69, 9.17) is 0 Å². The van der Waals surface area contributed by atoms with Crippen LogP contribution in [0.1, 0.15) is 195 Å². The second kappa shape index (κ2) is 23.7. The van der Waals surface area contributed by atoms with Crippen molar-refractivity contribution in [2.45, 2.75) is 206 Å². The average Bonchev–Trinajstić information content (AvgIpc) is 2.94. The van der Waals surface area contributed by atoms with Gasteiger partial charge in [0, 0.05) is 12.8 Å². The maximum atomic E-state index is 14.1. The van der Waals surface area contributed by atoms with Crippen LogP contribution in [0.15, 0.2) is 0 Å². The van der Waals surface area contributed by atoms with Gasteiger partial charge in [-0.2, -0.15) is 0 Å². The molecule has 0 aromatic rings. The van der Waals surface area contributed by atoms with E-state index in [0.29, 0.717) is 25.7 Å². The molecule has 0 aliphatic carbocycles. The number of nitrogens with zero attached hydrogens (tertiary/aromatic N) is 1. The summed E-state index contributed by atoms with van der Waals surface area (Å²) in [6, 6.07) is 0. The zero-order chi connectivity index (χ0) is 31.0. The van der Waals surface area contributed by atoms with Crippen LogP contribution in [0, 0.1) is 0 Å². The average molecular weight is 581 g/mol. The summed E-state index contributed by atoms with van der Waals surface area (Å²) in [7, 11) is 5.81. The van der Waals surface area contributed by atoms with Crippen molar-refractivity contribution in [3.8, 4) is 0 Å². The maximum absolute atomic E-state index is 14.1. The largest absolute Gasteiger partial charge is 0.382 e. The van der Waals surface area contributed by atoms with Gasteiger partial charge >= 0.3 is 0 Å². The van der Waals surface area contributed by atoms with Gasteiger partial charge in [-0.3, -0.25) is 9.59 Å². The van der Waals surface area contributed by atoms with Crippen molar-refractivity contribution in [2.75, 3.05) is 21.1 Å². The van der Waals surface area contributed by atoms with Crippen molar-refractivity contribution in [1.29, 1.82) is 0 Å². The number of quaternary nitrogens is 1. The highest BCUT2D eigenvalue weighted by atomic mass is 16.3. The van der Waals surface area contributed by atoms with Gasteiger partial charge in [-0.15, -0.1) is 0 Å². The number of Topliss-reactive ketones (excluding diaryl/α,β-unsaturated/α-hetero) is 2. The maximum Gasteiger partial charge on any atom is 0.245 e. The lowest BCUT2D eigenvalue weighted by Gasteiger charge is -2.52. The third-order valence-corrected chi connectivity index (χ3v) is 9.67. The van der Waals surface area contributed by atoms with Crippen LogP contribution in [-0.4, -0.2) is 53.4 Å². The highest BCUT2D eigenvalue weighted by Gasteiger charge is 2.66. The molecule has 0 fully saturated rings. The molecule has 4 heteroatoms. The molecule has 0 amide bonds. The van der Waals surface area contributed by atoms with E-state index in [0.717, 1.165) is 38.5 Å². The van der Waals surface area contributed by atoms with E-state index >= 15 is 0 Å².